The maximum absolute atomic E-state index is 13.0. The van der Waals surface area contributed by atoms with Gasteiger partial charge in [0.05, 0.1) is 11.1 Å². The third-order valence-electron chi connectivity index (χ3n) is 5.63. The lowest BCUT2D eigenvalue weighted by Crippen LogP contribution is -2.54. The van der Waals surface area contributed by atoms with Crippen LogP contribution in [0.1, 0.15) is 52.5 Å². The fourth-order valence-electron chi connectivity index (χ4n) is 4.01. The summed E-state index contributed by atoms with van der Waals surface area (Å²) < 4.78 is 0. The van der Waals surface area contributed by atoms with E-state index < -0.39 is 23.8 Å². The Balaban J connectivity index is 1.59. The molecule has 4 rings (SSSR count). The molecule has 1 aromatic carbocycles. The summed E-state index contributed by atoms with van der Waals surface area (Å²) in [6, 6.07) is 4.26. The number of benzene rings is 1. The van der Waals surface area contributed by atoms with Crippen molar-refractivity contribution >= 4 is 23.6 Å². The minimum absolute atomic E-state index is 0.0578. The monoisotopic (exact) mass is 370 g/mol. The molecule has 0 bridgehead atoms. The lowest BCUT2D eigenvalue weighted by molar-refractivity contribution is -0.136. The number of piperidine rings is 1. The van der Waals surface area contributed by atoms with Gasteiger partial charge in [0.1, 0.15) is 6.04 Å². The molecule has 0 aliphatic carbocycles. The largest absolute Gasteiger partial charge is 0.315 e. The molecule has 4 amide bonds. The van der Waals surface area contributed by atoms with Gasteiger partial charge in [-0.15, -0.1) is 0 Å². The van der Waals surface area contributed by atoms with Crippen LogP contribution in [0.5, 0.6) is 0 Å². The van der Waals surface area contributed by atoms with Crippen molar-refractivity contribution in [1.29, 1.82) is 0 Å². The Bertz CT molecular complexity index is 844. The highest BCUT2D eigenvalue weighted by Crippen LogP contribution is 2.30. The highest BCUT2D eigenvalue weighted by atomic mass is 16.2. The molecule has 8 nitrogen and oxygen atoms in total. The summed E-state index contributed by atoms with van der Waals surface area (Å²) in [4.78, 5) is 50.4. The van der Waals surface area contributed by atoms with Crippen LogP contribution in [0.25, 0.3) is 0 Å². The Morgan fingerprint density at radius 1 is 1.22 bits per heavy atom. The highest BCUT2D eigenvalue weighted by molar-refractivity contribution is 6.24. The highest BCUT2D eigenvalue weighted by Gasteiger charge is 2.45. The number of carbonyl (C=O) groups is 4. The number of nitrogens with zero attached hydrogens (tertiary/aromatic N) is 1. The number of rotatable bonds is 4. The molecule has 2 fully saturated rings. The lowest BCUT2D eigenvalue weighted by atomic mass is 9.98. The van der Waals surface area contributed by atoms with Crippen molar-refractivity contribution < 1.29 is 19.2 Å². The quantitative estimate of drug-likeness (QED) is 0.641. The molecule has 3 aliphatic heterocycles. The molecule has 3 heterocycles. The Hall–Kier alpha value is -2.58. The van der Waals surface area contributed by atoms with Crippen LogP contribution in [0, 0.1) is 0 Å². The van der Waals surface area contributed by atoms with E-state index in [2.05, 4.69) is 22.9 Å². The summed E-state index contributed by atoms with van der Waals surface area (Å²) in [6.45, 7) is 4.37. The van der Waals surface area contributed by atoms with Crippen molar-refractivity contribution in [2.24, 2.45) is 0 Å². The zero-order valence-electron chi connectivity index (χ0n) is 15.1. The van der Waals surface area contributed by atoms with Crippen LogP contribution in [-0.4, -0.2) is 53.2 Å². The summed E-state index contributed by atoms with van der Waals surface area (Å²) in [5.41, 5.74) is 1.36. The van der Waals surface area contributed by atoms with Crippen molar-refractivity contribution in [3.05, 3.63) is 34.9 Å². The van der Waals surface area contributed by atoms with Crippen molar-refractivity contribution in [1.82, 2.24) is 20.9 Å². The predicted octanol–water partition coefficient (Wildman–Crippen LogP) is -0.0706. The van der Waals surface area contributed by atoms with Gasteiger partial charge in [0, 0.05) is 25.0 Å². The molecule has 1 aromatic rings. The SMILES string of the molecule is C[C@]1(NCc2cccc3c2C(=O)N(C2CCC(=O)NC2=O)C3=O)CCNC1. The van der Waals surface area contributed by atoms with Gasteiger partial charge in [0.25, 0.3) is 11.8 Å². The predicted molar refractivity (Wildman–Crippen MR) is 95.8 cm³/mol. The Morgan fingerprint density at radius 3 is 2.74 bits per heavy atom. The number of amides is 4. The second-order valence-electron chi connectivity index (χ2n) is 7.63. The van der Waals surface area contributed by atoms with Crippen LogP contribution >= 0.6 is 0 Å². The van der Waals surface area contributed by atoms with Crippen LogP contribution in [0.3, 0.4) is 0 Å². The molecule has 3 aliphatic rings. The zero-order chi connectivity index (χ0) is 19.2. The van der Waals surface area contributed by atoms with Crippen molar-refractivity contribution in [2.45, 2.75) is 44.3 Å². The minimum atomic E-state index is -0.938. The number of carbonyl (C=O) groups excluding carboxylic acids is 4. The van der Waals surface area contributed by atoms with E-state index in [1.165, 1.54) is 0 Å². The first-order chi connectivity index (χ1) is 12.9. The Morgan fingerprint density at radius 2 is 2.04 bits per heavy atom. The van der Waals surface area contributed by atoms with Gasteiger partial charge in [0.2, 0.25) is 11.8 Å². The molecule has 0 aromatic heterocycles. The second-order valence-corrected chi connectivity index (χ2v) is 7.63. The summed E-state index contributed by atoms with van der Waals surface area (Å²) in [5, 5.41) is 9.00. The van der Waals surface area contributed by atoms with Gasteiger partial charge in [-0.1, -0.05) is 12.1 Å². The van der Waals surface area contributed by atoms with Crippen LogP contribution in [0.2, 0.25) is 0 Å². The number of fused-ring (bicyclic) bond motifs is 1. The fourth-order valence-corrected chi connectivity index (χ4v) is 4.01. The maximum Gasteiger partial charge on any atom is 0.262 e. The third kappa shape index (κ3) is 3.04. The average molecular weight is 370 g/mol. The number of nitrogens with one attached hydrogen (secondary N) is 3. The van der Waals surface area contributed by atoms with Crippen LogP contribution in [0.15, 0.2) is 18.2 Å². The molecule has 27 heavy (non-hydrogen) atoms. The van der Waals surface area contributed by atoms with E-state index in [0.717, 1.165) is 30.0 Å². The standard InChI is InChI=1S/C19H22N4O4/c1-19(7-8-20-10-19)21-9-11-3-2-4-12-15(11)18(27)23(17(12)26)13-5-6-14(24)22-16(13)25/h2-4,13,20-21H,5-10H2,1H3,(H,22,24,25)/t13?,19-/m0/s1. The first-order valence-electron chi connectivity index (χ1n) is 9.19. The van der Waals surface area contributed by atoms with E-state index in [1.54, 1.807) is 12.1 Å². The van der Waals surface area contributed by atoms with E-state index in [9.17, 15) is 19.2 Å². The number of imide groups is 2. The molecule has 2 saturated heterocycles. The van der Waals surface area contributed by atoms with Crippen LogP contribution in [0.4, 0.5) is 0 Å². The van der Waals surface area contributed by atoms with E-state index in [0.29, 0.717) is 17.7 Å². The second kappa shape index (κ2) is 6.54. The summed E-state index contributed by atoms with van der Waals surface area (Å²) in [5.74, 6) is -1.90. The zero-order valence-corrected chi connectivity index (χ0v) is 15.1. The molecular weight excluding hydrogens is 348 g/mol. The van der Waals surface area contributed by atoms with Crippen molar-refractivity contribution in [2.75, 3.05) is 13.1 Å². The van der Waals surface area contributed by atoms with E-state index >= 15 is 0 Å². The average Bonchev–Trinajstić information content (AvgIpc) is 3.17. The smallest absolute Gasteiger partial charge is 0.262 e. The van der Waals surface area contributed by atoms with E-state index in [1.807, 2.05) is 6.07 Å². The minimum Gasteiger partial charge on any atom is -0.315 e. The van der Waals surface area contributed by atoms with E-state index in [4.69, 9.17) is 0 Å². The maximum atomic E-state index is 13.0. The molecular formula is C19H22N4O4. The number of hydrogen-bond acceptors (Lipinski definition) is 6. The molecule has 3 N–H and O–H groups in total. The van der Waals surface area contributed by atoms with Gasteiger partial charge in [-0.2, -0.15) is 0 Å². The Labute approximate surface area is 156 Å². The normalized spacial score (nSPS) is 27.9. The van der Waals surface area contributed by atoms with E-state index in [-0.39, 0.29) is 24.3 Å². The first-order valence-corrected chi connectivity index (χ1v) is 9.19. The van der Waals surface area contributed by atoms with Gasteiger partial charge < -0.3 is 10.6 Å². The lowest BCUT2D eigenvalue weighted by Gasteiger charge is -2.28. The summed E-state index contributed by atoms with van der Waals surface area (Å²) in [7, 11) is 0. The molecule has 142 valence electrons. The topological polar surface area (TPSA) is 108 Å². The molecule has 2 atom stereocenters. The molecule has 0 saturated carbocycles. The van der Waals surface area contributed by atoms with Crippen molar-refractivity contribution in [3.63, 3.8) is 0 Å². The van der Waals surface area contributed by atoms with Gasteiger partial charge in [-0.25, -0.2) is 0 Å². The van der Waals surface area contributed by atoms with Gasteiger partial charge >= 0.3 is 0 Å². The molecule has 1 unspecified atom stereocenters. The van der Waals surface area contributed by atoms with Crippen molar-refractivity contribution in [3.8, 4) is 0 Å². The van der Waals surface area contributed by atoms with Gasteiger partial charge in [-0.3, -0.25) is 29.4 Å². The third-order valence-corrected chi connectivity index (χ3v) is 5.63. The molecule has 0 radical (unpaired) electrons. The molecule has 8 heteroatoms. The van der Waals surface area contributed by atoms with Gasteiger partial charge in [0.15, 0.2) is 0 Å². The van der Waals surface area contributed by atoms with Gasteiger partial charge in [-0.05, 0) is 37.9 Å². The summed E-state index contributed by atoms with van der Waals surface area (Å²) in [6.07, 6.45) is 1.26. The van der Waals surface area contributed by atoms with Crippen LogP contribution in [-0.2, 0) is 16.1 Å². The fraction of sp³-hybridized carbons (Fsp3) is 0.474. The molecule has 0 spiro atoms. The summed E-state index contributed by atoms with van der Waals surface area (Å²) >= 11 is 0. The van der Waals surface area contributed by atoms with Crippen LogP contribution < -0.4 is 16.0 Å². The number of hydrogen-bond donors (Lipinski definition) is 3. The first kappa shape index (κ1) is 17.8. The Kier molecular flexibility index (Phi) is 4.32.